The number of hydrogen-bond donors (Lipinski definition) is 1. The van der Waals surface area contributed by atoms with E-state index in [1.165, 1.54) is 24.1 Å². The number of halogens is 1. The molecule has 17 heavy (non-hydrogen) atoms. The molecule has 0 spiro atoms. The third kappa shape index (κ3) is 3.14. The molecule has 1 aliphatic carbocycles. The SMILES string of the molecule is CCNCc1ccc(N(CC)C2CC2)cc1Cl. The number of rotatable bonds is 6. The highest BCUT2D eigenvalue weighted by molar-refractivity contribution is 6.31. The van der Waals surface area contributed by atoms with Gasteiger partial charge in [0.25, 0.3) is 0 Å². The van der Waals surface area contributed by atoms with Gasteiger partial charge in [-0.3, -0.25) is 0 Å². The molecule has 1 aliphatic rings. The molecular formula is C14H21ClN2. The van der Waals surface area contributed by atoms with Crippen LogP contribution in [0.1, 0.15) is 32.3 Å². The van der Waals surface area contributed by atoms with Gasteiger partial charge in [0.05, 0.1) is 0 Å². The van der Waals surface area contributed by atoms with Crippen molar-refractivity contribution in [3.63, 3.8) is 0 Å². The van der Waals surface area contributed by atoms with Crippen LogP contribution in [-0.4, -0.2) is 19.1 Å². The summed E-state index contributed by atoms with van der Waals surface area (Å²) in [6, 6.07) is 7.19. The monoisotopic (exact) mass is 252 g/mol. The maximum atomic E-state index is 6.32. The fraction of sp³-hybridized carbons (Fsp3) is 0.571. The normalized spacial score (nSPS) is 15.0. The zero-order valence-corrected chi connectivity index (χ0v) is 11.4. The van der Waals surface area contributed by atoms with E-state index in [0.29, 0.717) is 0 Å². The predicted molar refractivity (Wildman–Crippen MR) is 74.9 cm³/mol. The summed E-state index contributed by atoms with van der Waals surface area (Å²) < 4.78 is 0. The van der Waals surface area contributed by atoms with E-state index in [2.05, 4.69) is 42.3 Å². The van der Waals surface area contributed by atoms with Crippen LogP contribution in [-0.2, 0) is 6.54 Å². The van der Waals surface area contributed by atoms with Crippen molar-refractivity contribution in [2.45, 2.75) is 39.3 Å². The molecule has 2 nitrogen and oxygen atoms in total. The second-order valence-electron chi connectivity index (χ2n) is 4.57. The van der Waals surface area contributed by atoms with Crippen LogP contribution < -0.4 is 10.2 Å². The van der Waals surface area contributed by atoms with Gasteiger partial charge in [0, 0.05) is 29.8 Å². The van der Waals surface area contributed by atoms with Crippen LogP contribution in [0.5, 0.6) is 0 Å². The largest absolute Gasteiger partial charge is 0.369 e. The van der Waals surface area contributed by atoms with E-state index >= 15 is 0 Å². The fourth-order valence-corrected chi connectivity index (χ4v) is 2.40. The average molecular weight is 253 g/mol. The molecule has 0 heterocycles. The summed E-state index contributed by atoms with van der Waals surface area (Å²) >= 11 is 6.32. The minimum atomic E-state index is 0.746. The van der Waals surface area contributed by atoms with Crippen molar-refractivity contribution in [1.29, 1.82) is 0 Å². The summed E-state index contributed by atoms with van der Waals surface area (Å²) in [6.45, 7) is 7.20. The standard InChI is InChI=1S/C14H21ClN2/c1-3-16-10-11-5-6-13(9-14(11)15)17(4-2)12-7-8-12/h5-6,9,12,16H,3-4,7-8,10H2,1-2H3. The lowest BCUT2D eigenvalue weighted by molar-refractivity contribution is 0.726. The van der Waals surface area contributed by atoms with Gasteiger partial charge in [0.2, 0.25) is 0 Å². The van der Waals surface area contributed by atoms with Crippen molar-refractivity contribution in [2.24, 2.45) is 0 Å². The number of benzene rings is 1. The van der Waals surface area contributed by atoms with Crippen LogP contribution in [0.2, 0.25) is 5.02 Å². The Morgan fingerprint density at radius 1 is 1.35 bits per heavy atom. The highest BCUT2D eigenvalue weighted by atomic mass is 35.5. The summed E-state index contributed by atoms with van der Waals surface area (Å²) in [5.74, 6) is 0. The molecule has 1 aromatic carbocycles. The average Bonchev–Trinajstić information content (AvgIpc) is 3.13. The molecule has 0 aromatic heterocycles. The third-order valence-electron chi connectivity index (χ3n) is 3.26. The summed E-state index contributed by atoms with van der Waals surface area (Å²) in [4.78, 5) is 2.45. The Morgan fingerprint density at radius 3 is 2.65 bits per heavy atom. The molecule has 0 unspecified atom stereocenters. The van der Waals surface area contributed by atoms with Gasteiger partial charge >= 0.3 is 0 Å². The second-order valence-corrected chi connectivity index (χ2v) is 4.98. The maximum Gasteiger partial charge on any atom is 0.0471 e. The minimum Gasteiger partial charge on any atom is -0.369 e. The van der Waals surface area contributed by atoms with Crippen molar-refractivity contribution in [2.75, 3.05) is 18.0 Å². The molecule has 0 aliphatic heterocycles. The fourth-order valence-electron chi connectivity index (χ4n) is 2.16. The molecule has 1 N–H and O–H groups in total. The van der Waals surface area contributed by atoms with Crippen molar-refractivity contribution < 1.29 is 0 Å². The van der Waals surface area contributed by atoms with Gasteiger partial charge in [-0.2, -0.15) is 0 Å². The van der Waals surface area contributed by atoms with E-state index in [1.54, 1.807) is 0 Å². The van der Waals surface area contributed by atoms with Crippen LogP contribution in [0.4, 0.5) is 5.69 Å². The van der Waals surface area contributed by atoms with Crippen LogP contribution in [0.25, 0.3) is 0 Å². The number of hydrogen-bond acceptors (Lipinski definition) is 2. The first-order valence-corrected chi connectivity index (χ1v) is 6.89. The van der Waals surface area contributed by atoms with Gasteiger partial charge < -0.3 is 10.2 Å². The topological polar surface area (TPSA) is 15.3 Å². The van der Waals surface area contributed by atoms with Gasteiger partial charge in [-0.1, -0.05) is 24.6 Å². The Labute approximate surface area is 109 Å². The number of anilines is 1. The smallest absolute Gasteiger partial charge is 0.0471 e. The molecular weight excluding hydrogens is 232 g/mol. The summed E-state index contributed by atoms with van der Waals surface area (Å²) in [7, 11) is 0. The van der Waals surface area contributed by atoms with Gasteiger partial charge in [0.15, 0.2) is 0 Å². The van der Waals surface area contributed by atoms with E-state index < -0.39 is 0 Å². The maximum absolute atomic E-state index is 6.32. The molecule has 0 bridgehead atoms. The lowest BCUT2D eigenvalue weighted by Crippen LogP contribution is -2.25. The zero-order chi connectivity index (χ0) is 12.3. The molecule has 1 saturated carbocycles. The number of nitrogens with zero attached hydrogens (tertiary/aromatic N) is 1. The molecule has 0 amide bonds. The summed E-state index contributed by atoms with van der Waals surface area (Å²) in [5.41, 5.74) is 2.45. The predicted octanol–water partition coefficient (Wildman–Crippen LogP) is 3.44. The second kappa shape index (κ2) is 5.74. The Bertz CT molecular complexity index is 374. The molecule has 3 heteroatoms. The van der Waals surface area contributed by atoms with E-state index in [0.717, 1.165) is 30.7 Å². The Hall–Kier alpha value is -0.730. The summed E-state index contributed by atoms with van der Waals surface area (Å²) in [6.07, 6.45) is 2.65. The Kier molecular flexibility index (Phi) is 4.30. The van der Waals surface area contributed by atoms with E-state index in [9.17, 15) is 0 Å². The van der Waals surface area contributed by atoms with E-state index in [4.69, 9.17) is 11.6 Å². The molecule has 94 valence electrons. The zero-order valence-electron chi connectivity index (χ0n) is 10.7. The van der Waals surface area contributed by atoms with Crippen molar-refractivity contribution >= 4 is 17.3 Å². The van der Waals surface area contributed by atoms with Gasteiger partial charge in [-0.05, 0) is 44.0 Å². The van der Waals surface area contributed by atoms with E-state index in [1.807, 2.05) is 0 Å². The molecule has 0 saturated heterocycles. The van der Waals surface area contributed by atoms with Crippen LogP contribution in [0.15, 0.2) is 18.2 Å². The van der Waals surface area contributed by atoms with Crippen molar-refractivity contribution in [1.82, 2.24) is 5.32 Å². The first kappa shape index (κ1) is 12.7. The highest BCUT2D eigenvalue weighted by Gasteiger charge is 2.28. The molecule has 0 atom stereocenters. The van der Waals surface area contributed by atoms with Gasteiger partial charge in [-0.25, -0.2) is 0 Å². The first-order valence-electron chi connectivity index (χ1n) is 6.52. The Morgan fingerprint density at radius 2 is 2.12 bits per heavy atom. The lowest BCUT2D eigenvalue weighted by Gasteiger charge is -2.23. The van der Waals surface area contributed by atoms with Gasteiger partial charge in [-0.15, -0.1) is 0 Å². The first-order chi connectivity index (χ1) is 8.26. The lowest BCUT2D eigenvalue weighted by atomic mass is 10.2. The molecule has 2 rings (SSSR count). The quantitative estimate of drug-likeness (QED) is 0.835. The van der Waals surface area contributed by atoms with Crippen molar-refractivity contribution in [3.8, 4) is 0 Å². The van der Waals surface area contributed by atoms with Crippen LogP contribution in [0, 0.1) is 0 Å². The van der Waals surface area contributed by atoms with Gasteiger partial charge in [0.1, 0.15) is 0 Å². The molecule has 1 aromatic rings. The molecule has 0 radical (unpaired) electrons. The number of nitrogens with one attached hydrogen (secondary N) is 1. The third-order valence-corrected chi connectivity index (χ3v) is 3.61. The molecule has 1 fully saturated rings. The van der Waals surface area contributed by atoms with Crippen molar-refractivity contribution in [3.05, 3.63) is 28.8 Å². The van der Waals surface area contributed by atoms with Crippen LogP contribution in [0.3, 0.4) is 0 Å². The Balaban J connectivity index is 2.11. The van der Waals surface area contributed by atoms with Crippen LogP contribution >= 0.6 is 11.6 Å². The highest BCUT2D eigenvalue weighted by Crippen LogP contribution is 2.33. The van der Waals surface area contributed by atoms with E-state index in [-0.39, 0.29) is 0 Å². The minimum absolute atomic E-state index is 0.746. The summed E-state index contributed by atoms with van der Waals surface area (Å²) in [5, 5.41) is 4.18.